The van der Waals surface area contributed by atoms with Crippen molar-refractivity contribution in [3.05, 3.63) is 71.5 Å². The van der Waals surface area contributed by atoms with Crippen molar-refractivity contribution >= 4 is 17.6 Å². The van der Waals surface area contributed by atoms with E-state index in [1.165, 1.54) is 0 Å². The second kappa shape index (κ2) is 10.6. The van der Waals surface area contributed by atoms with E-state index < -0.39 is 11.9 Å². The highest BCUT2D eigenvalue weighted by atomic mass is 16.5. The van der Waals surface area contributed by atoms with Gasteiger partial charge in [-0.1, -0.05) is 32.0 Å². The lowest BCUT2D eigenvalue weighted by Gasteiger charge is -2.09. The number of aryl methyl sites for hydroxylation is 1. The SMILES string of the molecule is Cc1nn(-c2ccccc2)c(C)c1NC(=O)COC(=O)c1ccc(OCCC(C)C)cc1. The predicted octanol–water partition coefficient (Wildman–Crippen LogP) is 4.71. The third kappa shape index (κ3) is 5.97. The van der Waals surface area contributed by atoms with Gasteiger partial charge in [0, 0.05) is 0 Å². The summed E-state index contributed by atoms with van der Waals surface area (Å²) in [6.07, 6.45) is 0.960. The third-order valence-corrected chi connectivity index (χ3v) is 4.94. The summed E-state index contributed by atoms with van der Waals surface area (Å²) in [7, 11) is 0. The maximum atomic E-state index is 12.4. The Morgan fingerprint density at radius 3 is 2.38 bits per heavy atom. The molecule has 2 aromatic carbocycles. The van der Waals surface area contributed by atoms with Crippen LogP contribution in [0.15, 0.2) is 54.6 Å². The van der Waals surface area contributed by atoms with Crippen molar-refractivity contribution in [1.82, 2.24) is 9.78 Å². The van der Waals surface area contributed by atoms with E-state index >= 15 is 0 Å². The zero-order valence-electron chi connectivity index (χ0n) is 18.9. The summed E-state index contributed by atoms with van der Waals surface area (Å²) in [5.41, 5.74) is 3.34. The molecule has 1 amide bonds. The topological polar surface area (TPSA) is 82.5 Å². The largest absolute Gasteiger partial charge is 0.494 e. The summed E-state index contributed by atoms with van der Waals surface area (Å²) in [6.45, 7) is 8.20. The Hall–Kier alpha value is -3.61. The van der Waals surface area contributed by atoms with Gasteiger partial charge in [-0.15, -0.1) is 0 Å². The van der Waals surface area contributed by atoms with Crippen molar-refractivity contribution in [3.63, 3.8) is 0 Å². The smallest absolute Gasteiger partial charge is 0.338 e. The standard InChI is InChI=1S/C25H29N3O4/c1-17(2)14-15-31-22-12-10-20(11-13-22)25(30)32-16-23(29)26-24-18(3)27-28(19(24)4)21-8-6-5-7-9-21/h5-13,17H,14-16H2,1-4H3,(H,26,29). The lowest BCUT2D eigenvalue weighted by molar-refractivity contribution is -0.119. The minimum atomic E-state index is -0.567. The van der Waals surface area contributed by atoms with Gasteiger partial charge in [0.1, 0.15) is 5.75 Å². The second-order valence-electron chi connectivity index (χ2n) is 7.97. The summed E-state index contributed by atoms with van der Waals surface area (Å²) in [5, 5.41) is 7.29. The van der Waals surface area contributed by atoms with Gasteiger partial charge >= 0.3 is 5.97 Å². The van der Waals surface area contributed by atoms with Gasteiger partial charge < -0.3 is 14.8 Å². The van der Waals surface area contributed by atoms with Crippen LogP contribution >= 0.6 is 0 Å². The monoisotopic (exact) mass is 435 g/mol. The summed E-state index contributed by atoms with van der Waals surface area (Å²) in [4.78, 5) is 24.7. The number of rotatable bonds is 9. The molecular weight excluding hydrogens is 406 g/mol. The van der Waals surface area contributed by atoms with E-state index in [1.54, 1.807) is 28.9 Å². The Bertz CT molecular complexity index is 1060. The van der Waals surface area contributed by atoms with Crippen LogP contribution in [0, 0.1) is 19.8 Å². The molecule has 32 heavy (non-hydrogen) atoms. The van der Waals surface area contributed by atoms with Gasteiger partial charge in [-0.05, 0) is 62.6 Å². The Morgan fingerprint density at radius 2 is 1.72 bits per heavy atom. The molecule has 7 nitrogen and oxygen atoms in total. The van der Waals surface area contributed by atoms with E-state index in [0.29, 0.717) is 35.2 Å². The van der Waals surface area contributed by atoms with E-state index in [0.717, 1.165) is 17.8 Å². The Labute approximate surface area is 188 Å². The number of para-hydroxylation sites is 1. The molecule has 0 radical (unpaired) electrons. The van der Waals surface area contributed by atoms with Gasteiger partial charge in [-0.3, -0.25) is 4.79 Å². The molecule has 1 aromatic heterocycles. The molecule has 0 saturated heterocycles. The molecule has 0 unspecified atom stereocenters. The molecule has 0 aliphatic carbocycles. The number of esters is 1. The summed E-state index contributed by atoms with van der Waals surface area (Å²) >= 11 is 0. The van der Waals surface area contributed by atoms with E-state index in [1.807, 2.05) is 44.2 Å². The summed E-state index contributed by atoms with van der Waals surface area (Å²) in [6, 6.07) is 16.4. The molecule has 3 rings (SSSR count). The highest BCUT2D eigenvalue weighted by molar-refractivity contribution is 5.96. The normalized spacial score (nSPS) is 10.8. The average molecular weight is 436 g/mol. The molecule has 0 atom stereocenters. The molecule has 168 valence electrons. The number of anilines is 1. The van der Waals surface area contributed by atoms with E-state index in [9.17, 15) is 9.59 Å². The van der Waals surface area contributed by atoms with Crippen molar-refractivity contribution in [2.24, 2.45) is 5.92 Å². The zero-order chi connectivity index (χ0) is 23.1. The summed E-state index contributed by atoms with van der Waals surface area (Å²) in [5.74, 6) is 0.269. The molecule has 0 saturated carbocycles. The number of nitrogens with zero attached hydrogens (tertiary/aromatic N) is 2. The first-order valence-electron chi connectivity index (χ1n) is 10.7. The van der Waals surface area contributed by atoms with Gasteiger partial charge in [0.2, 0.25) is 0 Å². The van der Waals surface area contributed by atoms with Crippen LogP contribution in [0.3, 0.4) is 0 Å². The van der Waals surface area contributed by atoms with Crippen LogP contribution in [0.4, 0.5) is 5.69 Å². The second-order valence-corrected chi connectivity index (χ2v) is 7.97. The maximum absolute atomic E-state index is 12.4. The Balaban J connectivity index is 1.54. The van der Waals surface area contributed by atoms with Crippen LogP contribution < -0.4 is 10.1 Å². The number of hydrogen-bond acceptors (Lipinski definition) is 5. The van der Waals surface area contributed by atoms with Gasteiger partial charge in [0.15, 0.2) is 6.61 Å². The molecule has 3 aromatic rings. The van der Waals surface area contributed by atoms with Crippen molar-refractivity contribution in [3.8, 4) is 11.4 Å². The molecule has 0 spiro atoms. The summed E-state index contributed by atoms with van der Waals surface area (Å²) < 4.78 is 12.6. The molecule has 0 aliphatic heterocycles. The van der Waals surface area contributed by atoms with Crippen molar-refractivity contribution in [2.75, 3.05) is 18.5 Å². The minimum Gasteiger partial charge on any atom is -0.494 e. The number of hydrogen-bond donors (Lipinski definition) is 1. The van der Waals surface area contributed by atoms with Crippen LogP contribution in [0.5, 0.6) is 5.75 Å². The predicted molar refractivity (Wildman–Crippen MR) is 123 cm³/mol. The van der Waals surface area contributed by atoms with E-state index in [-0.39, 0.29) is 6.61 Å². The number of benzene rings is 2. The highest BCUT2D eigenvalue weighted by Crippen LogP contribution is 2.22. The van der Waals surface area contributed by atoms with Gasteiger partial charge in [-0.25, -0.2) is 9.48 Å². The number of aromatic nitrogens is 2. The fourth-order valence-corrected chi connectivity index (χ4v) is 3.13. The van der Waals surface area contributed by atoms with Gasteiger partial charge in [0.05, 0.1) is 34.9 Å². The number of amides is 1. The van der Waals surface area contributed by atoms with Crippen LogP contribution in [-0.2, 0) is 9.53 Å². The number of nitrogens with one attached hydrogen (secondary N) is 1. The number of carbonyl (C=O) groups excluding carboxylic acids is 2. The van der Waals surface area contributed by atoms with Crippen LogP contribution in [0.25, 0.3) is 5.69 Å². The van der Waals surface area contributed by atoms with Gasteiger partial charge in [0.25, 0.3) is 5.91 Å². The quantitative estimate of drug-likeness (QED) is 0.492. The number of ether oxygens (including phenoxy) is 2. The van der Waals surface area contributed by atoms with Crippen molar-refractivity contribution in [1.29, 1.82) is 0 Å². The number of carbonyl (C=O) groups is 2. The first kappa shape index (κ1) is 23.1. The first-order chi connectivity index (χ1) is 15.3. The minimum absolute atomic E-state index is 0.360. The Kier molecular flexibility index (Phi) is 7.65. The molecule has 1 N–H and O–H groups in total. The van der Waals surface area contributed by atoms with Gasteiger partial charge in [-0.2, -0.15) is 5.10 Å². The fourth-order valence-electron chi connectivity index (χ4n) is 3.13. The highest BCUT2D eigenvalue weighted by Gasteiger charge is 2.17. The molecule has 0 aliphatic rings. The van der Waals surface area contributed by atoms with Crippen molar-refractivity contribution < 1.29 is 19.1 Å². The van der Waals surface area contributed by atoms with E-state index in [2.05, 4.69) is 24.3 Å². The molecular formula is C25H29N3O4. The molecule has 1 heterocycles. The first-order valence-corrected chi connectivity index (χ1v) is 10.7. The van der Waals surface area contributed by atoms with E-state index in [4.69, 9.17) is 9.47 Å². The van der Waals surface area contributed by atoms with Crippen LogP contribution in [0.1, 0.15) is 42.0 Å². The van der Waals surface area contributed by atoms with Crippen LogP contribution in [0.2, 0.25) is 0 Å². The Morgan fingerprint density at radius 1 is 1.03 bits per heavy atom. The zero-order valence-corrected chi connectivity index (χ0v) is 18.9. The lowest BCUT2D eigenvalue weighted by Crippen LogP contribution is -2.21. The van der Waals surface area contributed by atoms with Crippen molar-refractivity contribution in [2.45, 2.75) is 34.1 Å². The van der Waals surface area contributed by atoms with Crippen LogP contribution in [-0.4, -0.2) is 34.9 Å². The average Bonchev–Trinajstić information content (AvgIpc) is 3.06. The molecule has 7 heteroatoms. The molecule has 0 fully saturated rings. The third-order valence-electron chi connectivity index (χ3n) is 4.94. The maximum Gasteiger partial charge on any atom is 0.338 e. The fraction of sp³-hybridized carbons (Fsp3) is 0.320. The molecule has 0 bridgehead atoms. The lowest BCUT2D eigenvalue weighted by atomic mass is 10.1.